The minimum Gasteiger partial charge on any atom is -0.444 e. The molecule has 2 atom stereocenters. The van der Waals surface area contributed by atoms with Crippen molar-refractivity contribution in [1.29, 1.82) is 0 Å². The van der Waals surface area contributed by atoms with Crippen LogP contribution in [0.2, 0.25) is 0 Å². The third-order valence-corrected chi connectivity index (χ3v) is 5.20. The molecule has 0 radical (unpaired) electrons. The van der Waals surface area contributed by atoms with E-state index < -0.39 is 23.8 Å². The number of nitrogens with one attached hydrogen (secondary N) is 2. The molecule has 0 spiro atoms. The van der Waals surface area contributed by atoms with Crippen LogP contribution < -0.4 is 10.6 Å². The highest BCUT2D eigenvalue weighted by Gasteiger charge is 2.34. The zero-order valence-corrected chi connectivity index (χ0v) is 21.1. The molecule has 7 nitrogen and oxygen atoms in total. The van der Waals surface area contributed by atoms with E-state index in [-0.39, 0.29) is 11.8 Å². The average molecular weight is 468 g/mol. The predicted molar refractivity (Wildman–Crippen MR) is 133 cm³/mol. The van der Waals surface area contributed by atoms with Crippen LogP contribution in [-0.4, -0.2) is 41.0 Å². The van der Waals surface area contributed by atoms with Gasteiger partial charge in [0.1, 0.15) is 17.7 Å². The Kier molecular flexibility index (Phi) is 9.66. The number of carbonyl (C=O) groups is 3. The summed E-state index contributed by atoms with van der Waals surface area (Å²) in [5.41, 5.74) is 1.94. The highest BCUT2D eigenvalue weighted by Crippen LogP contribution is 2.26. The third kappa shape index (κ3) is 7.90. The number of hydrogen-bond donors (Lipinski definition) is 2. The van der Waals surface area contributed by atoms with Crippen LogP contribution in [0.25, 0.3) is 0 Å². The van der Waals surface area contributed by atoms with Gasteiger partial charge >= 0.3 is 6.09 Å². The topological polar surface area (TPSA) is 87.7 Å². The normalized spacial score (nSPS) is 12.9. The summed E-state index contributed by atoms with van der Waals surface area (Å²) in [5.74, 6) is -0.625. The minimum absolute atomic E-state index is 0.274. The summed E-state index contributed by atoms with van der Waals surface area (Å²) in [6, 6.07) is 15.5. The molecule has 184 valence electrons. The average Bonchev–Trinajstić information content (AvgIpc) is 2.77. The molecule has 0 saturated carbocycles. The summed E-state index contributed by atoms with van der Waals surface area (Å²) >= 11 is 0. The van der Waals surface area contributed by atoms with Gasteiger partial charge in [0.15, 0.2) is 0 Å². The SMILES string of the molecule is CCCN(C(=O)C(C)NC(=O)OC(C)(C)C)C(C(=O)NCc1ccccc1)c1ccccc1C. The molecular weight excluding hydrogens is 430 g/mol. The molecule has 34 heavy (non-hydrogen) atoms. The Morgan fingerprint density at radius 1 is 1.00 bits per heavy atom. The molecule has 0 heterocycles. The van der Waals surface area contributed by atoms with Gasteiger partial charge in [0.05, 0.1) is 0 Å². The van der Waals surface area contributed by atoms with Crippen molar-refractivity contribution < 1.29 is 19.1 Å². The first-order valence-corrected chi connectivity index (χ1v) is 11.7. The lowest BCUT2D eigenvalue weighted by atomic mass is 9.98. The molecule has 2 unspecified atom stereocenters. The predicted octanol–water partition coefficient (Wildman–Crippen LogP) is 4.50. The lowest BCUT2D eigenvalue weighted by molar-refractivity contribution is -0.142. The van der Waals surface area contributed by atoms with Crippen LogP contribution in [-0.2, 0) is 20.9 Å². The lowest BCUT2D eigenvalue weighted by Gasteiger charge is -2.34. The molecular formula is C27H37N3O4. The Bertz CT molecular complexity index is 969. The van der Waals surface area contributed by atoms with Crippen molar-refractivity contribution in [3.05, 3.63) is 71.3 Å². The van der Waals surface area contributed by atoms with E-state index in [9.17, 15) is 14.4 Å². The maximum Gasteiger partial charge on any atom is 0.408 e. The fraction of sp³-hybridized carbons (Fsp3) is 0.444. The number of nitrogens with zero attached hydrogens (tertiary/aromatic N) is 1. The number of carbonyl (C=O) groups excluding carboxylic acids is 3. The van der Waals surface area contributed by atoms with Gasteiger partial charge in [0.2, 0.25) is 11.8 Å². The van der Waals surface area contributed by atoms with Gasteiger partial charge in [-0.3, -0.25) is 9.59 Å². The standard InChI is InChI=1S/C27H37N3O4/c1-7-17-30(25(32)20(3)29-26(33)34-27(4,5)6)23(22-16-12-11-13-19(22)2)24(31)28-18-21-14-9-8-10-15-21/h8-16,20,23H,7,17-18H2,1-6H3,(H,28,31)(H,29,33). The first kappa shape index (κ1) is 26.9. The number of ether oxygens (including phenoxy) is 1. The smallest absolute Gasteiger partial charge is 0.408 e. The fourth-order valence-electron chi connectivity index (χ4n) is 3.63. The van der Waals surface area contributed by atoms with Crippen molar-refractivity contribution in [3.63, 3.8) is 0 Å². The van der Waals surface area contributed by atoms with Gasteiger partial charge in [-0.1, -0.05) is 61.5 Å². The van der Waals surface area contributed by atoms with E-state index >= 15 is 0 Å². The molecule has 0 aliphatic rings. The van der Waals surface area contributed by atoms with Crippen LogP contribution in [0.5, 0.6) is 0 Å². The quantitative estimate of drug-likeness (QED) is 0.568. The fourth-order valence-corrected chi connectivity index (χ4v) is 3.63. The molecule has 0 aliphatic carbocycles. The number of aryl methyl sites for hydroxylation is 1. The van der Waals surface area contributed by atoms with Gasteiger partial charge in [-0.2, -0.15) is 0 Å². The maximum atomic E-state index is 13.5. The summed E-state index contributed by atoms with van der Waals surface area (Å²) in [4.78, 5) is 40.8. The van der Waals surface area contributed by atoms with Crippen LogP contribution in [0, 0.1) is 6.92 Å². The van der Waals surface area contributed by atoms with Gasteiger partial charge in [0, 0.05) is 13.1 Å². The van der Waals surface area contributed by atoms with Crippen molar-refractivity contribution in [2.24, 2.45) is 0 Å². The van der Waals surface area contributed by atoms with Gasteiger partial charge < -0.3 is 20.3 Å². The highest BCUT2D eigenvalue weighted by molar-refractivity contribution is 5.92. The van der Waals surface area contributed by atoms with Gasteiger partial charge in [-0.25, -0.2) is 4.79 Å². The van der Waals surface area contributed by atoms with Gasteiger partial charge in [0.25, 0.3) is 0 Å². The van der Waals surface area contributed by atoms with Crippen LogP contribution >= 0.6 is 0 Å². The van der Waals surface area contributed by atoms with Crippen molar-refractivity contribution in [1.82, 2.24) is 15.5 Å². The van der Waals surface area contributed by atoms with E-state index in [0.29, 0.717) is 19.5 Å². The molecule has 0 fully saturated rings. The Morgan fingerprint density at radius 3 is 2.21 bits per heavy atom. The molecule has 0 bridgehead atoms. The minimum atomic E-state index is -0.866. The summed E-state index contributed by atoms with van der Waals surface area (Å²) in [6.07, 6.45) is -0.0232. The first-order chi connectivity index (χ1) is 16.0. The zero-order valence-electron chi connectivity index (χ0n) is 21.1. The highest BCUT2D eigenvalue weighted by atomic mass is 16.6. The van der Waals surface area contributed by atoms with E-state index in [2.05, 4.69) is 10.6 Å². The van der Waals surface area contributed by atoms with E-state index in [1.165, 1.54) is 0 Å². The number of rotatable bonds is 9. The molecule has 2 aromatic rings. The monoisotopic (exact) mass is 467 g/mol. The first-order valence-electron chi connectivity index (χ1n) is 11.7. The van der Waals surface area contributed by atoms with Crippen molar-refractivity contribution in [2.75, 3.05) is 6.54 Å². The molecule has 2 aromatic carbocycles. The molecule has 3 amide bonds. The molecule has 7 heteroatoms. The third-order valence-electron chi connectivity index (χ3n) is 5.20. The second kappa shape index (κ2) is 12.2. The van der Waals surface area contributed by atoms with Crippen LogP contribution in [0.3, 0.4) is 0 Å². The Labute approximate surface area is 202 Å². The van der Waals surface area contributed by atoms with Crippen molar-refractivity contribution >= 4 is 17.9 Å². The molecule has 0 aromatic heterocycles. The summed E-state index contributed by atoms with van der Waals surface area (Å²) < 4.78 is 5.30. The van der Waals surface area contributed by atoms with Crippen molar-refractivity contribution in [2.45, 2.75) is 72.2 Å². The molecule has 2 N–H and O–H groups in total. The zero-order chi connectivity index (χ0) is 25.3. The summed E-state index contributed by atoms with van der Waals surface area (Å²) in [6.45, 7) is 11.5. The summed E-state index contributed by atoms with van der Waals surface area (Å²) in [5, 5.41) is 5.59. The van der Waals surface area contributed by atoms with Gasteiger partial charge in [-0.15, -0.1) is 0 Å². The molecule has 0 aliphatic heterocycles. The number of alkyl carbamates (subject to hydrolysis) is 1. The lowest BCUT2D eigenvalue weighted by Crippen LogP contribution is -2.52. The number of amides is 3. The molecule has 0 saturated heterocycles. The largest absolute Gasteiger partial charge is 0.444 e. The Balaban J connectivity index is 2.32. The van der Waals surface area contributed by atoms with Crippen LogP contribution in [0.4, 0.5) is 4.79 Å². The second-order valence-corrected chi connectivity index (χ2v) is 9.36. The van der Waals surface area contributed by atoms with E-state index in [0.717, 1.165) is 16.7 Å². The van der Waals surface area contributed by atoms with Gasteiger partial charge in [-0.05, 0) is 57.7 Å². The summed E-state index contributed by atoms with van der Waals surface area (Å²) in [7, 11) is 0. The second-order valence-electron chi connectivity index (χ2n) is 9.36. The van der Waals surface area contributed by atoms with E-state index in [1.54, 1.807) is 32.6 Å². The number of hydrogen-bond acceptors (Lipinski definition) is 4. The molecule has 2 rings (SSSR count). The Morgan fingerprint density at radius 2 is 1.62 bits per heavy atom. The van der Waals surface area contributed by atoms with Crippen LogP contribution in [0.15, 0.2) is 54.6 Å². The maximum absolute atomic E-state index is 13.5. The number of benzene rings is 2. The van der Waals surface area contributed by atoms with E-state index in [1.807, 2.05) is 68.4 Å². The van der Waals surface area contributed by atoms with Crippen molar-refractivity contribution in [3.8, 4) is 0 Å². The van der Waals surface area contributed by atoms with E-state index in [4.69, 9.17) is 4.74 Å². The van der Waals surface area contributed by atoms with Crippen LogP contribution in [0.1, 0.15) is 63.8 Å². The Hall–Kier alpha value is -3.35.